The number of nitrogens with two attached hydrogens (primary N) is 1. The number of likely N-dealkylation sites (tertiary alicyclic amines) is 1. The quantitative estimate of drug-likeness (QED) is 0.532. The van der Waals surface area contributed by atoms with E-state index in [9.17, 15) is 4.79 Å². The minimum atomic E-state index is 0.00319. The van der Waals surface area contributed by atoms with Gasteiger partial charge in [0.2, 0.25) is 0 Å². The van der Waals surface area contributed by atoms with Crippen LogP contribution in [0.25, 0.3) is 0 Å². The molecule has 28 heavy (non-hydrogen) atoms. The molecule has 1 aliphatic heterocycles. The second-order valence-electron chi connectivity index (χ2n) is 6.97. The summed E-state index contributed by atoms with van der Waals surface area (Å²) in [5, 5.41) is 16.4. The highest BCUT2D eigenvalue weighted by Crippen LogP contribution is 2.30. The summed E-state index contributed by atoms with van der Waals surface area (Å²) in [5.74, 6) is 1.54. The number of rotatable bonds is 5. The van der Waals surface area contributed by atoms with Gasteiger partial charge in [0.1, 0.15) is 5.76 Å². The van der Waals surface area contributed by atoms with Crippen LogP contribution >= 0.6 is 0 Å². The summed E-state index contributed by atoms with van der Waals surface area (Å²) in [6.07, 6.45) is 4.85. The normalized spacial score (nSPS) is 17.2. The SMILES string of the molecule is CCC(C)c1cc(C2CCCN(C(=O)c3ccccc3N)C2)no1.N=CC=N. The summed E-state index contributed by atoms with van der Waals surface area (Å²) in [6.45, 7) is 5.71. The van der Waals surface area contributed by atoms with Crippen molar-refractivity contribution in [1.29, 1.82) is 10.8 Å². The number of para-hydroxylation sites is 1. The first-order chi connectivity index (χ1) is 13.5. The molecule has 1 saturated heterocycles. The van der Waals surface area contributed by atoms with Gasteiger partial charge in [0, 0.05) is 49.1 Å². The molecular weight excluding hydrogens is 354 g/mol. The average molecular weight is 383 g/mol. The van der Waals surface area contributed by atoms with Crippen LogP contribution in [0.1, 0.15) is 66.8 Å². The lowest BCUT2D eigenvalue weighted by atomic mass is 9.93. The molecule has 0 bridgehead atoms. The van der Waals surface area contributed by atoms with Gasteiger partial charge in [0.25, 0.3) is 5.91 Å². The molecule has 0 aliphatic carbocycles. The average Bonchev–Trinajstić information content (AvgIpc) is 3.23. The fraction of sp³-hybridized carbons (Fsp3) is 0.429. The van der Waals surface area contributed by atoms with Crippen molar-refractivity contribution in [2.24, 2.45) is 0 Å². The summed E-state index contributed by atoms with van der Waals surface area (Å²) in [4.78, 5) is 14.6. The number of carbonyl (C=O) groups is 1. The van der Waals surface area contributed by atoms with Crippen molar-refractivity contribution in [3.63, 3.8) is 0 Å². The van der Waals surface area contributed by atoms with E-state index >= 15 is 0 Å². The number of piperidine rings is 1. The molecule has 1 aromatic carbocycles. The van der Waals surface area contributed by atoms with Crippen molar-refractivity contribution >= 4 is 24.0 Å². The van der Waals surface area contributed by atoms with Gasteiger partial charge in [0.05, 0.1) is 11.3 Å². The molecule has 0 spiro atoms. The van der Waals surface area contributed by atoms with E-state index in [1.54, 1.807) is 12.1 Å². The summed E-state index contributed by atoms with van der Waals surface area (Å²) < 4.78 is 5.50. The molecule has 2 heterocycles. The number of carbonyl (C=O) groups excluding carboxylic acids is 1. The first kappa shape index (κ1) is 21.3. The van der Waals surface area contributed by atoms with E-state index in [2.05, 4.69) is 25.1 Å². The number of nitrogens with zero attached hydrogens (tertiary/aromatic N) is 2. The minimum Gasteiger partial charge on any atom is -0.398 e. The van der Waals surface area contributed by atoms with Crippen LogP contribution in [0.15, 0.2) is 34.9 Å². The lowest BCUT2D eigenvalue weighted by molar-refractivity contribution is 0.0705. The van der Waals surface area contributed by atoms with Gasteiger partial charge in [-0.25, -0.2) is 0 Å². The predicted molar refractivity (Wildman–Crippen MR) is 112 cm³/mol. The van der Waals surface area contributed by atoms with Crippen LogP contribution in [-0.4, -0.2) is 41.5 Å². The van der Waals surface area contributed by atoms with Gasteiger partial charge in [0.15, 0.2) is 0 Å². The Bertz CT molecular complexity index is 796. The Labute approximate surface area is 165 Å². The number of nitrogens with one attached hydrogen (secondary N) is 2. The van der Waals surface area contributed by atoms with Crippen molar-refractivity contribution in [3.05, 3.63) is 47.3 Å². The van der Waals surface area contributed by atoms with E-state index in [-0.39, 0.29) is 11.8 Å². The van der Waals surface area contributed by atoms with Gasteiger partial charge in [-0.3, -0.25) is 4.79 Å². The van der Waals surface area contributed by atoms with Crippen LogP contribution in [0, 0.1) is 10.8 Å². The first-order valence-corrected chi connectivity index (χ1v) is 9.61. The Morgan fingerprint density at radius 2 is 2.11 bits per heavy atom. The zero-order valence-electron chi connectivity index (χ0n) is 16.5. The van der Waals surface area contributed by atoms with Gasteiger partial charge in [-0.1, -0.05) is 31.1 Å². The maximum Gasteiger partial charge on any atom is 0.255 e. The molecule has 0 radical (unpaired) electrons. The van der Waals surface area contributed by atoms with Crippen LogP contribution in [0.2, 0.25) is 0 Å². The highest BCUT2D eigenvalue weighted by molar-refractivity contribution is 6.12. The summed E-state index contributed by atoms with van der Waals surface area (Å²) in [7, 11) is 0. The minimum absolute atomic E-state index is 0.00319. The zero-order chi connectivity index (χ0) is 20.5. The van der Waals surface area contributed by atoms with Crippen molar-refractivity contribution < 1.29 is 9.32 Å². The van der Waals surface area contributed by atoms with Crippen molar-refractivity contribution in [3.8, 4) is 0 Å². The third-order valence-corrected chi connectivity index (χ3v) is 5.05. The fourth-order valence-electron chi connectivity index (χ4n) is 3.19. The number of aromatic nitrogens is 1. The predicted octanol–water partition coefficient (Wildman–Crippen LogP) is 4.08. The van der Waals surface area contributed by atoms with E-state index in [0.717, 1.165) is 49.7 Å². The molecule has 3 rings (SSSR count). The van der Waals surface area contributed by atoms with Crippen LogP contribution in [0.5, 0.6) is 0 Å². The molecule has 1 aliphatic rings. The van der Waals surface area contributed by atoms with Crippen LogP contribution in [0.3, 0.4) is 0 Å². The Kier molecular flexibility index (Phi) is 7.92. The standard InChI is InChI=1S/C19H25N3O2.C2H4N2/c1-3-13(2)18-11-17(21-24-18)14-7-6-10-22(12-14)19(23)15-8-4-5-9-16(15)20;3-1-2-4/h4-5,8-9,11,13-14H,3,6-7,10,12,20H2,1-2H3;1-4H. The summed E-state index contributed by atoms with van der Waals surface area (Å²) in [6, 6.07) is 9.31. The van der Waals surface area contributed by atoms with E-state index in [0.29, 0.717) is 23.7 Å². The maximum absolute atomic E-state index is 12.8. The molecule has 150 valence electrons. The molecule has 7 nitrogen and oxygen atoms in total. The second kappa shape index (κ2) is 10.4. The van der Waals surface area contributed by atoms with Crippen LogP contribution in [0.4, 0.5) is 5.69 Å². The Morgan fingerprint density at radius 3 is 2.75 bits per heavy atom. The van der Waals surface area contributed by atoms with Gasteiger partial charge in [-0.2, -0.15) is 0 Å². The first-order valence-electron chi connectivity index (χ1n) is 9.61. The Hall–Kier alpha value is -2.96. The van der Waals surface area contributed by atoms with E-state index < -0.39 is 0 Å². The Morgan fingerprint density at radius 1 is 1.39 bits per heavy atom. The number of hydrogen-bond acceptors (Lipinski definition) is 6. The molecular formula is C21H29N5O2. The number of benzene rings is 1. The fourth-order valence-corrected chi connectivity index (χ4v) is 3.19. The van der Waals surface area contributed by atoms with Gasteiger partial charge < -0.3 is 26.0 Å². The smallest absolute Gasteiger partial charge is 0.255 e. The van der Waals surface area contributed by atoms with Gasteiger partial charge >= 0.3 is 0 Å². The monoisotopic (exact) mass is 383 g/mol. The topological polar surface area (TPSA) is 120 Å². The molecule has 1 fully saturated rings. The molecule has 7 heteroatoms. The van der Waals surface area contributed by atoms with Gasteiger partial charge in [-0.15, -0.1) is 0 Å². The lowest BCUT2D eigenvalue weighted by Crippen LogP contribution is -2.39. The number of amides is 1. The summed E-state index contributed by atoms with van der Waals surface area (Å²) >= 11 is 0. The highest BCUT2D eigenvalue weighted by Gasteiger charge is 2.28. The molecule has 0 saturated carbocycles. The molecule has 1 aromatic heterocycles. The summed E-state index contributed by atoms with van der Waals surface area (Å²) in [5.41, 5.74) is 8.03. The number of hydrogen-bond donors (Lipinski definition) is 3. The lowest BCUT2D eigenvalue weighted by Gasteiger charge is -2.32. The third kappa shape index (κ3) is 5.28. The van der Waals surface area contributed by atoms with Crippen molar-refractivity contribution in [2.45, 2.75) is 44.9 Å². The molecule has 2 atom stereocenters. The van der Waals surface area contributed by atoms with E-state index in [1.165, 1.54) is 0 Å². The van der Waals surface area contributed by atoms with Crippen molar-refractivity contribution in [1.82, 2.24) is 10.1 Å². The van der Waals surface area contributed by atoms with E-state index in [4.69, 9.17) is 21.1 Å². The highest BCUT2D eigenvalue weighted by atomic mass is 16.5. The largest absolute Gasteiger partial charge is 0.398 e. The van der Waals surface area contributed by atoms with Crippen LogP contribution < -0.4 is 5.73 Å². The maximum atomic E-state index is 12.8. The van der Waals surface area contributed by atoms with Gasteiger partial charge in [-0.05, 0) is 31.4 Å². The van der Waals surface area contributed by atoms with Crippen molar-refractivity contribution in [2.75, 3.05) is 18.8 Å². The van der Waals surface area contributed by atoms with Crippen LogP contribution in [-0.2, 0) is 0 Å². The van der Waals surface area contributed by atoms with E-state index in [1.807, 2.05) is 17.0 Å². The zero-order valence-corrected chi connectivity index (χ0v) is 16.5. The molecule has 1 amide bonds. The Balaban J connectivity index is 0.000000640. The second-order valence-corrected chi connectivity index (χ2v) is 6.97. The third-order valence-electron chi connectivity index (χ3n) is 5.05. The number of anilines is 1. The molecule has 4 N–H and O–H groups in total. The molecule has 2 aromatic rings. The number of nitrogen functional groups attached to an aromatic ring is 1. The molecule has 2 unspecified atom stereocenters.